The smallest absolute Gasteiger partial charge is 0.280 e. The summed E-state index contributed by atoms with van der Waals surface area (Å²) >= 11 is 0. The molecule has 0 aromatic heterocycles. The van der Waals surface area contributed by atoms with Gasteiger partial charge in [0.05, 0.1) is 4.92 Å². The zero-order valence-electron chi connectivity index (χ0n) is 8.92. The van der Waals surface area contributed by atoms with Gasteiger partial charge < -0.3 is 4.74 Å². The van der Waals surface area contributed by atoms with Crippen LogP contribution in [-0.2, 0) is 0 Å². The Hall–Kier alpha value is -2.36. The number of hydrogen-bond donors (Lipinski definition) is 0. The molecule has 0 spiro atoms. The molecule has 0 N–H and O–H groups in total. The van der Waals surface area contributed by atoms with Gasteiger partial charge in [0.1, 0.15) is 17.9 Å². The molecule has 3 rings (SSSR count). The molecule has 0 unspecified atom stereocenters. The van der Waals surface area contributed by atoms with E-state index in [-0.39, 0.29) is 17.2 Å². The molecule has 4 heteroatoms. The standard InChI is InChI=1S/C13H9NO3/c15-14(16)11-7-8-17-12-6-5-9-3-1-2-4-10(9)13(11)12/h1-7H,8H2. The van der Waals surface area contributed by atoms with E-state index >= 15 is 0 Å². The number of nitrogens with zero attached hydrogens (tertiary/aromatic N) is 1. The maximum absolute atomic E-state index is 11.0. The first-order valence-electron chi connectivity index (χ1n) is 5.27. The molecule has 1 aliphatic rings. The molecule has 84 valence electrons. The zero-order chi connectivity index (χ0) is 11.8. The number of hydrogen-bond acceptors (Lipinski definition) is 3. The van der Waals surface area contributed by atoms with Gasteiger partial charge in [0.25, 0.3) is 5.70 Å². The van der Waals surface area contributed by atoms with Crippen molar-refractivity contribution in [3.8, 4) is 5.75 Å². The van der Waals surface area contributed by atoms with Crippen molar-refractivity contribution >= 4 is 16.5 Å². The van der Waals surface area contributed by atoms with Crippen molar-refractivity contribution in [3.63, 3.8) is 0 Å². The molecule has 0 amide bonds. The summed E-state index contributed by atoms with van der Waals surface area (Å²) in [5.74, 6) is 0.581. The molecule has 2 aromatic carbocycles. The molecule has 0 atom stereocenters. The van der Waals surface area contributed by atoms with Crippen LogP contribution < -0.4 is 4.74 Å². The quantitative estimate of drug-likeness (QED) is 0.556. The summed E-state index contributed by atoms with van der Waals surface area (Å²) < 4.78 is 5.43. The third-order valence-electron chi connectivity index (χ3n) is 2.86. The van der Waals surface area contributed by atoms with Gasteiger partial charge in [-0.15, -0.1) is 0 Å². The second kappa shape index (κ2) is 3.59. The lowest BCUT2D eigenvalue weighted by molar-refractivity contribution is -0.376. The maximum atomic E-state index is 11.0. The van der Waals surface area contributed by atoms with Crippen molar-refractivity contribution < 1.29 is 9.66 Å². The molecule has 0 bridgehead atoms. The van der Waals surface area contributed by atoms with Crippen molar-refractivity contribution in [2.45, 2.75) is 0 Å². The monoisotopic (exact) mass is 227 g/mol. The Balaban J connectivity index is 2.38. The van der Waals surface area contributed by atoms with Crippen molar-refractivity contribution in [2.75, 3.05) is 6.61 Å². The van der Waals surface area contributed by atoms with E-state index < -0.39 is 0 Å². The Morgan fingerprint density at radius 3 is 2.82 bits per heavy atom. The van der Waals surface area contributed by atoms with Crippen molar-refractivity contribution in [2.24, 2.45) is 0 Å². The minimum absolute atomic E-state index is 0.128. The van der Waals surface area contributed by atoms with Gasteiger partial charge >= 0.3 is 0 Å². The fourth-order valence-corrected chi connectivity index (χ4v) is 2.11. The molecule has 0 saturated heterocycles. The molecule has 17 heavy (non-hydrogen) atoms. The normalized spacial score (nSPS) is 13.8. The molecule has 1 heterocycles. The SMILES string of the molecule is O=[N+]([O-])C1=CCOc2ccc3ccccc3c21. The highest BCUT2D eigenvalue weighted by atomic mass is 16.6. The second-order valence-electron chi connectivity index (χ2n) is 3.82. The number of rotatable bonds is 1. The summed E-state index contributed by atoms with van der Waals surface area (Å²) in [5.41, 5.74) is 0.711. The molecule has 4 nitrogen and oxygen atoms in total. The summed E-state index contributed by atoms with van der Waals surface area (Å²) in [7, 11) is 0. The van der Waals surface area contributed by atoms with Crippen LogP contribution in [0.15, 0.2) is 42.5 Å². The highest BCUT2D eigenvalue weighted by Gasteiger charge is 2.25. The fourth-order valence-electron chi connectivity index (χ4n) is 2.11. The van der Waals surface area contributed by atoms with Crippen LogP contribution in [0.4, 0.5) is 0 Å². The van der Waals surface area contributed by atoms with Crippen LogP contribution in [0.5, 0.6) is 5.75 Å². The van der Waals surface area contributed by atoms with Crippen molar-refractivity contribution in [1.82, 2.24) is 0 Å². The molecule has 2 aromatic rings. The first-order chi connectivity index (χ1) is 8.27. The first-order valence-corrected chi connectivity index (χ1v) is 5.27. The highest BCUT2D eigenvalue weighted by molar-refractivity contribution is 5.95. The van der Waals surface area contributed by atoms with E-state index in [2.05, 4.69) is 0 Å². The van der Waals surface area contributed by atoms with Gasteiger partial charge in [0, 0.05) is 6.08 Å². The minimum Gasteiger partial charge on any atom is -0.488 e. The van der Waals surface area contributed by atoms with Gasteiger partial charge in [-0.1, -0.05) is 30.3 Å². The average Bonchev–Trinajstić information content (AvgIpc) is 2.37. The summed E-state index contributed by atoms with van der Waals surface area (Å²) in [5, 5.41) is 12.9. The molecular formula is C13H9NO3. The van der Waals surface area contributed by atoms with E-state index in [1.54, 1.807) is 6.07 Å². The number of nitro groups is 1. The van der Waals surface area contributed by atoms with E-state index in [1.165, 1.54) is 6.08 Å². The van der Waals surface area contributed by atoms with Crippen molar-refractivity contribution in [3.05, 3.63) is 58.2 Å². The lowest BCUT2D eigenvalue weighted by atomic mass is 10.00. The topological polar surface area (TPSA) is 52.4 Å². The van der Waals surface area contributed by atoms with Gasteiger partial charge in [-0.3, -0.25) is 10.1 Å². The summed E-state index contributed by atoms with van der Waals surface area (Å²) in [6.45, 7) is 0.252. The van der Waals surface area contributed by atoms with E-state index in [9.17, 15) is 10.1 Å². The van der Waals surface area contributed by atoms with Gasteiger partial charge in [-0.2, -0.15) is 0 Å². The van der Waals surface area contributed by atoms with Crippen LogP contribution in [0.2, 0.25) is 0 Å². The second-order valence-corrected chi connectivity index (χ2v) is 3.82. The number of ether oxygens (including phenoxy) is 1. The Kier molecular flexibility index (Phi) is 2.08. The molecule has 0 saturated carbocycles. The molecule has 0 radical (unpaired) electrons. The van der Waals surface area contributed by atoms with Crippen molar-refractivity contribution in [1.29, 1.82) is 0 Å². The van der Waals surface area contributed by atoms with E-state index in [1.807, 2.05) is 30.3 Å². The van der Waals surface area contributed by atoms with E-state index in [0.29, 0.717) is 11.3 Å². The lowest BCUT2D eigenvalue weighted by Crippen LogP contribution is -2.10. The largest absolute Gasteiger partial charge is 0.488 e. The van der Waals surface area contributed by atoms with Gasteiger partial charge in [-0.25, -0.2) is 0 Å². The summed E-state index contributed by atoms with van der Waals surface area (Å²) in [6, 6.07) is 11.3. The Morgan fingerprint density at radius 1 is 1.18 bits per heavy atom. The molecular weight excluding hydrogens is 218 g/mol. The Morgan fingerprint density at radius 2 is 2.00 bits per heavy atom. The zero-order valence-corrected chi connectivity index (χ0v) is 8.92. The van der Waals surface area contributed by atoms with E-state index in [0.717, 1.165) is 10.8 Å². The minimum atomic E-state index is -0.353. The predicted molar refractivity (Wildman–Crippen MR) is 64.4 cm³/mol. The average molecular weight is 227 g/mol. The predicted octanol–water partition coefficient (Wildman–Crippen LogP) is 2.85. The summed E-state index contributed by atoms with van der Waals surface area (Å²) in [4.78, 5) is 10.7. The van der Waals surface area contributed by atoms with Gasteiger partial charge in [0.2, 0.25) is 0 Å². The lowest BCUT2D eigenvalue weighted by Gasteiger charge is -2.15. The van der Waals surface area contributed by atoms with Crippen LogP contribution in [0, 0.1) is 10.1 Å². The number of benzene rings is 2. The number of fused-ring (bicyclic) bond motifs is 3. The Bertz CT molecular complexity index is 646. The summed E-state index contributed by atoms with van der Waals surface area (Å²) in [6.07, 6.45) is 1.51. The molecule has 1 aliphatic heterocycles. The third-order valence-corrected chi connectivity index (χ3v) is 2.86. The third kappa shape index (κ3) is 1.45. The first kappa shape index (κ1) is 9.84. The molecule has 0 aliphatic carbocycles. The molecule has 0 fully saturated rings. The van der Waals surface area contributed by atoms with Crippen LogP contribution in [0.25, 0.3) is 16.5 Å². The van der Waals surface area contributed by atoms with Gasteiger partial charge in [-0.05, 0) is 16.8 Å². The van der Waals surface area contributed by atoms with E-state index in [4.69, 9.17) is 4.74 Å². The fraction of sp³-hybridized carbons (Fsp3) is 0.0769. The van der Waals surface area contributed by atoms with Crippen LogP contribution >= 0.6 is 0 Å². The van der Waals surface area contributed by atoms with Crippen LogP contribution in [0.3, 0.4) is 0 Å². The van der Waals surface area contributed by atoms with Gasteiger partial charge in [0.15, 0.2) is 0 Å². The Labute approximate surface area is 97.3 Å². The van der Waals surface area contributed by atoms with Crippen LogP contribution in [-0.4, -0.2) is 11.5 Å². The van der Waals surface area contributed by atoms with Crippen LogP contribution in [0.1, 0.15) is 5.56 Å². The highest BCUT2D eigenvalue weighted by Crippen LogP contribution is 2.36. The maximum Gasteiger partial charge on any atom is 0.280 e.